The fourth-order valence-corrected chi connectivity index (χ4v) is 15.0. The fraction of sp³-hybridized carbons (Fsp3) is 0. The summed E-state index contributed by atoms with van der Waals surface area (Å²) in [6.07, 6.45) is 0. The summed E-state index contributed by atoms with van der Waals surface area (Å²) in [5, 5.41) is 19.7. The number of phenols is 1. The van der Waals surface area contributed by atoms with Crippen LogP contribution in [-0.2, 0) is 0 Å². The largest absolute Gasteiger partial charge is 0.507 e. The zero-order valence-electron chi connectivity index (χ0n) is 35.5. The van der Waals surface area contributed by atoms with Crippen LogP contribution < -0.4 is 36.4 Å². The van der Waals surface area contributed by atoms with Gasteiger partial charge in [0.05, 0.1) is 16.7 Å². The Kier molecular flexibility index (Phi) is 9.43. The standard InChI is InChI=1S/C60H41BNO2Si/c63-57-40-42(41-18-16-25-47(38-41)65(44-19-4-1-5-20-44,45-21-6-2-7-22-45)46-23-8-3-9-24-46)34-36-51(57)52-29-17-33-59-60(52)61-53-39-43(35-37-58(53)64-59)48-26-10-13-30-54(48)62-55-31-14-11-27-49(55)50-28-12-15-32-56(50)62/h1-40,63H. The number of hydrogen-bond donors (Lipinski definition) is 1. The van der Waals surface area contributed by atoms with Crippen LogP contribution in [0, 0.1) is 0 Å². The van der Waals surface area contributed by atoms with E-state index in [4.69, 9.17) is 4.74 Å². The molecule has 0 atom stereocenters. The van der Waals surface area contributed by atoms with Crippen molar-refractivity contribution in [1.29, 1.82) is 0 Å². The maximum atomic E-state index is 12.0. The van der Waals surface area contributed by atoms with Gasteiger partial charge in [0, 0.05) is 21.9 Å². The molecule has 1 aliphatic rings. The molecule has 305 valence electrons. The Morgan fingerprint density at radius 1 is 0.385 bits per heavy atom. The second-order valence-electron chi connectivity index (χ2n) is 16.8. The molecule has 1 radical (unpaired) electrons. The molecule has 65 heavy (non-hydrogen) atoms. The number of rotatable bonds is 8. The Morgan fingerprint density at radius 3 is 1.58 bits per heavy atom. The average molecular weight is 847 g/mol. The lowest BCUT2D eigenvalue weighted by molar-refractivity contribution is 0.477. The van der Waals surface area contributed by atoms with Crippen LogP contribution in [0.2, 0.25) is 0 Å². The molecular weight excluding hydrogens is 806 g/mol. The van der Waals surface area contributed by atoms with Crippen molar-refractivity contribution in [2.24, 2.45) is 0 Å². The summed E-state index contributed by atoms with van der Waals surface area (Å²) in [6.45, 7) is 0. The Labute approximate surface area is 380 Å². The van der Waals surface area contributed by atoms with Crippen LogP contribution >= 0.6 is 0 Å². The normalized spacial score (nSPS) is 12.0. The van der Waals surface area contributed by atoms with Gasteiger partial charge >= 0.3 is 0 Å². The molecule has 1 aliphatic heterocycles. The highest BCUT2D eigenvalue weighted by Gasteiger charge is 2.41. The number of nitrogens with zero attached hydrogens (tertiary/aromatic N) is 1. The van der Waals surface area contributed by atoms with Crippen molar-refractivity contribution < 1.29 is 9.84 Å². The lowest BCUT2D eigenvalue weighted by Gasteiger charge is -2.34. The number of hydrogen-bond acceptors (Lipinski definition) is 2. The van der Waals surface area contributed by atoms with E-state index < -0.39 is 8.07 Å². The van der Waals surface area contributed by atoms with Gasteiger partial charge in [-0.2, -0.15) is 0 Å². The predicted molar refractivity (Wildman–Crippen MR) is 274 cm³/mol. The van der Waals surface area contributed by atoms with Crippen molar-refractivity contribution in [2.75, 3.05) is 0 Å². The third kappa shape index (κ3) is 6.43. The van der Waals surface area contributed by atoms with Crippen LogP contribution in [0.1, 0.15) is 0 Å². The monoisotopic (exact) mass is 846 g/mol. The number of phenolic OH excluding ortho intramolecular Hbond substituents is 1. The molecule has 0 unspecified atom stereocenters. The molecule has 11 aromatic rings. The first kappa shape index (κ1) is 38.5. The molecule has 3 nitrogen and oxygen atoms in total. The molecule has 0 spiro atoms. The predicted octanol–water partition coefficient (Wildman–Crippen LogP) is 10.6. The van der Waals surface area contributed by atoms with Crippen LogP contribution in [0.15, 0.2) is 243 Å². The lowest BCUT2D eigenvalue weighted by atomic mass is 9.59. The summed E-state index contributed by atoms with van der Waals surface area (Å²) in [6, 6.07) is 86.3. The van der Waals surface area contributed by atoms with E-state index in [0.29, 0.717) is 0 Å². The Balaban J connectivity index is 0.911. The fourth-order valence-electron chi connectivity index (χ4n) is 10.2. The van der Waals surface area contributed by atoms with Crippen LogP contribution in [0.25, 0.3) is 60.9 Å². The van der Waals surface area contributed by atoms with Gasteiger partial charge in [-0.3, -0.25) is 0 Å². The minimum atomic E-state index is -2.73. The van der Waals surface area contributed by atoms with Crippen molar-refractivity contribution >= 4 is 68.8 Å². The second-order valence-corrected chi connectivity index (χ2v) is 20.6. The third-order valence-corrected chi connectivity index (χ3v) is 17.9. The molecule has 0 amide bonds. The molecule has 0 bridgehead atoms. The summed E-state index contributed by atoms with van der Waals surface area (Å²) in [4.78, 5) is 0. The average Bonchev–Trinajstić information content (AvgIpc) is 3.71. The third-order valence-electron chi connectivity index (χ3n) is 13.2. The van der Waals surface area contributed by atoms with Gasteiger partial charge in [0.1, 0.15) is 17.2 Å². The number of para-hydroxylation sites is 3. The highest BCUT2D eigenvalue weighted by molar-refractivity contribution is 7.19. The highest BCUT2D eigenvalue weighted by atomic mass is 28.3. The molecule has 0 saturated heterocycles. The molecule has 10 aromatic carbocycles. The van der Waals surface area contributed by atoms with Crippen LogP contribution in [0.3, 0.4) is 0 Å². The Bertz CT molecular complexity index is 3420. The van der Waals surface area contributed by atoms with E-state index in [-0.39, 0.29) is 5.75 Å². The minimum Gasteiger partial charge on any atom is -0.507 e. The molecular formula is C60H41BNO2Si. The number of aromatic hydroxyl groups is 1. The van der Waals surface area contributed by atoms with Gasteiger partial charge in [-0.05, 0) is 90.3 Å². The van der Waals surface area contributed by atoms with E-state index in [1.165, 1.54) is 42.6 Å². The quantitative estimate of drug-likeness (QED) is 0.122. The van der Waals surface area contributed by atoms with E-state index in [0.717, 1.165) is 61.5 Å². The number of fused-ring (bicyclic) bond motifs is 5. The second kappa shape index (κ2) is 15.9. The van der Waals surface area contributed by atoms with Gasteiger partial charge in [0.15, 0.2) is 8.07 Å². The number of benzene rings is 10. The molecule has 0 saturated carbocycles. The number of aromatic nitrogens is 1. The van der Waals surface area contributed by atoms with Crippen molar-refractivity contribution in [3.05, 3.63) is 243 Å². The molecule has 1 N–H and O–H groups in total. The van der Waals surface area contributed by atoms with Crippen LogP contribution in [-0.4, -0.2) is 25.0 Å². The molecule has 1 aromatic heterocycles. The van der Waals surface area contributed by atoms with E-state index in [1.807, 2.05) is 24.3 Å². The van der Waals surface area contributed by atoms with Crippen molar-refractivity contribution in [1.82, 2.24) is 4.57 Å². The minimum absolute atomic E-state index is 0.215. The van der Waals surface area contributed by atoms with Gasteiger partial charge in [-0.15, -0.1) is 0 Å². The zero-order valence-corrected chi connectivity index (χ0v) is 36.5. The summed E-state index contributed by atoms with van der Waals surface area (Å²) >= 11 is 0. The van der Waals surface area contributed by atoms with Gasteiger partial charge in [0.2, 0.25) is 7.28 Å². The lowest BCUT2D eigenvalue weighted by Crippen LogP contribution is -2.74. The molecule has 0 aliphatic carbocycles. The van der Waals surface area contributed by atoms with Crippen LogP contribution in [0.5, 0.6) is 17.2 Å². The van der Waals surface area contributed by atoms with Crippen molar-refractivity contribution in [3.8, 4) is 56.3 Å². The van der Waals surface area contributed by atoms with Gasteiger partial charge < -0.3 is 14.4 Å². The first-order valence-corrected chi connectivity index (χ1v) is 24.1. The van der Waals surface area contributed by atoms with Crippen molar-refractivity contribution in [2.45, 2.75) is 0 Å². The molecule has 0 fully saturated rings. The topological polar surface area (TPSA) is 34.4 Å². The zero-order chi connectivity index (χ0) is 43.3. The number of ether oxygens (including phenoxy) is 1. The summed E-state index contributed by atoms with van der Waals surface area (Å²) in [7, 11) is -0.532. The van der Waals surface area contributed by atoms with Crippen LogP contribution in [0.4, 0.5) is 0 Å². The molecule has 5 heteroatoms. The first-order valence-electron chi connectivity index (χ1n) is 22.1. The van der Waals surface area contributed by atoms with E-state index in [2.05, 4.69) is 230 Å². The highest BCUT2D eigenvalue weighted by Crippen LogP contribution is 2.38. The molecule has 12 rings (SSSR count). The van der Waals surface area contributed by atoms with E-state index in [9.17, 15) is 5.11 Å². The Morgan fingerprint density at radius 2 is 0.923 bits per heavy atom. The van der Waals surface area contributed by atoms with Gasteiger partial charge in [-0.25, -0.2) is 0 Å². The maximum absolute atomic E-state index is 12.0. The summed E-state index contributed by atoms with van der Waals surface area (Å²) in [5.41, 5.74) is 11.3. The smallest absolute Gasteiger partial charge is 0.202 e. The van der Waals surface area contributed by atoms with Gasteiger partial charge in [-0.1, -0.05) is 206 Å². The van der Waals surface area contributed by atoms with E-state index in [1.54, 1.807) is 0 Å². The van der Waals surface area contributed by atoms with Crippen molar-refractivity contribution in [3.63, 3.8) is 0 Å². The summed E-state index contributed by atoms with van der Waals surface area (Å²) < 4.78 is 9.00. The SMILES string of the molecule is Oc1cc(-c2cccc([Si](c3ccccc3)(c3ccccc3)c3ccccc3)c2)ccc1-c1cccc2c1[B]c1cc(-c3ccccc3-n3c4ccccc4c4ccccc43)ccc1O2. The van der Waals surface area contributed by atoms with Gasteiger partial charge in [0.25, 0.3) is 0 Å². The Hall–Kier alpha value is -8.12. The van der Waals surface area contributed by atoms with E-state index >= 15 is 0 Å². The maximum Gasteiger partial charge on any atom is 0.202 e. The molecule has 2 heterocycles. The first-order chi connectivity index (χ1) is 32.1. The summed E-state index contributed by atoms with van der Waals surface area (Å²) in [5.74, 6) is 1.77.